The van der Waals surface area contributed by atoms with Crippen LogP contribution in [-0.2, 0) is 5.41 Å². The standard InChI is InChI=1S/C18H25N3/c1-3-18(4-6-19-7-5-18)16-8-13(2)20-17(10-16)21-11-14-9-15(14)12-21/h3,8,10,14-15,19H,1,4-7,9,11-12H2,2H3. The molecular weight excluding hydrogens is 258 g/mol. The Balaban J connectivity index is 1.68. The molecule has 1 N–H and O–H groups in total. The summed E-state index contributed by atoms with van der Waals surface area (Å²) in [6.07, 6.45) is 5.90. The van der Waals surface area contributed by atoms with E-state index in [1.54, 1.807) is 0 Å². The fourth-order valence-electron chi connectivity index (χ4n) is 4.17. The molecule has 0 radical (unpaired) electrons. The molecule has 0 bridgehead atoms. The molecule has 3 fully saturated rings. The Hall–Kier alpha value is -1.35. The summed E-state index contributed by atoms with van der Waals surface area (Å²) in [5.74, 6) is 3.09. The van der Waals surface area contributed by atoms with Crippen LogP contribution in [0.3, 0.4) is 0 Å². The lowest BCUT2D eigenvalue weighted by atomic mass is 9.73. The molecule has 1 aromatic rings. The highest BCUT2D eigenvalue weighted by atomic mass is 15.2. The number of hydrogen-bond donors (Lipinski definition) is 1. The second-order valence-electron chi connectivity index (χ2n) is 7.13. The lowest BCUT2D eigenvalue weighted by Gasteiger charge is -2.36. The number of fused-ring (bicyclic) bond motifs is 1. The number of nitrogens with zero attached hydrogens (tertiary/aromatic N) is 2. The summed E-state index contributed by atoms with van der Waals surface area (Å²) in [4.78, 5) is 7.30. The van der Waals surface area contributed by atoms with E-state index in [0.717, 1.165) is 43.5 Å². The Morgan fingerprint density at radius 1 is 1.29 bits per heavy atom. The first-order valence-electron chi connectivity index (χ1n) is 8.29. The molecule has 1 saturated carbocycles. The number of aryl methyl sites for hydroxylation is 1. The Kier molecular flexibility index (Phi) is 3.07. The van der Waals surface area contributed by atoms with Gasteiger partial charge in [0.25, 0.3) is 0 Å². The van der Waals surface area contributed by atoms with E-state index >= 15 is 0 Å². The average Bonchev–Trinajstić information content (AvgIpc) is 3.13. The van der Waals surface area contributed by atoms with Gasteiger partial charge in [-0.3, -0.25) is 0 Å². The van der Waals surface area contributed by atoms with Crippen molar-refractivity contribution < 1.29 is 0 Å². The molecule has 1 aromatic heterocycles. The highest BCUT2D eigenvalue weighted by Gasteiger charge is 2.45. The normalized spacial score (nSPS) is 30.0. The van der Waals surface area contributed by atoms with E-state index in [4.69, 9.17) is 4.98 Å². The molecular formula is C18H25N3. The maximum absolute atomic E-state index is 4.81. The molecule has 112 valence electrons. The third-order valence-corrected chi connectivity index (χ3v) is 5.70. The van der Waals surface area contributed by atoms with Crippen LogP contribution in [0.2, 0.25) is 0 Å². The van der Waals surface area contributed by atoms with Crippen LogP contribution in [0.1, 0.15) is 30.5 Å². The number of aromatic nitrogens is 1. The minimum atomic E-state index is 0.135. The van der Waals surface area contributed by atoms with Gasteiger partial charge < -0.3 is 10.2 Å². The van der Waals surface area contributed by atoms with Gasteiger partial charge in [-0.05, 0) is 68.8 Å². The molecule has 0 spiro atoms. The van der Waals surface area contributed by atoms with Crippen molar-refractivity contribution in [3.63, 3.8) is 0 Å². The van der Waals surface area contributed by atoms with Crippen LogP contribution in [0.5, 0.6) is 0 Å². The third-order valence-electron chi connectivity index (χ3n) is 5.70. The van der Waals surface area contributed by atoms with Crippen LogP contribution in [0.15, 0.2) is 24.8 Å². The van der Waals surface area contributed by atoms with Crippen molar-refractivity contribution in [2.24, 2.45) is 11.8 Å². The van der Waals surface area contributed by atoms with Crippen molar-refractivity contribution in [2.75, 3.05) is 31.1 Å². The highest BCUT2D eigenvalue weighted by Crippen LogP contribution is 2.46. The van der Waals surface area contributed by atoms with Gasteiger partial charge in [0.1, 0.15) is 5.82 Å². The van der Waals surface area contributed by atoms with Crippen LogP contribution >= 0.6 is 0 Å². The number of pyridine rings is 1. The van der Waals surface area contributed by atoms with Crippen LogP contribution < -0.4 is 10.2 Å². The number of rotatable bonds is 3. The largest absolute Gasteiger partial charge is 0.356 e. The lowest BCUT2D eigenvalue weighted by Crippen LogP contribution is -2.38. The number of hydrogen-bond acceptors (Lipinski definition) is 3. The van der Waals surface area contributed by atoms with Gasteiger partial charge in [-0.15, -0.1) is 6.58 Å². The molecule has 4 rings (SSSR count). The summed E-state index contributed by atoms with van der Waals surface area (Å²) < 4.78 is 0. The monoisotopic (exact) mass is 283 g/mol. The fourth-order valence-corrected chi connectivity index (χ4v) is 4.17. The van der Waals surface area contributed by atoms with Crippen molar-refractivity contribution in [2.45, 2.75) is 31.6 Å². The van der Waals surface area contributed by atoms with E-state index in [9.17, 15) is 0 Å². The summed E-state index contributed by atoms with van der Waals surface area (Å²) in [5, 5.41) is 3.47. The third kappa shape index (κ3) is 2.28. The first-order valence-corrected chi connectivity index (χ1v) is 8.29. The summed E-state index contributed by atoms with van der Waals surface area (Å²) in [6.45, 7) is 10.9. The lowest BCUT2D eigenvalue weighted by molar-refractivity contribution is 0.374. The van der Waals surface area contributed by atoms with E-state index in [1.807, 2.05) is 0 Å². The zero-order valence-electron chi connectivity index (χ0n) is 12.9. The van der Waals surface area contributed by atoms with Gasteiger partial charge >= 0.3 is 0 Å². The summed E-state index contributed by atoms with van der Waals surface area (Å²) in [5.41, 5.74) is 2.70. The summed E-state index contributed by atoms with van der Waals surface area (Å²) in [7, 11) is 0. The second kappa shape index (κ2) is 4.84. The average molecular weight is 283 g/mol. The number of allylic oxidation sites excluding steroid dienone is 1. The van der Waals surface area contributed by atoms with Crippen LogP contribution in [0.25, 0.3) is 0 Å². The first-order chi connectivity index (χ1) is 10.2. The van der Waals surface area contributed by atoms with Gasteiger partial charge in [0.2, 0.25) is 0 Å². The van der Waals surface area contributed by atoms with E-state index in [2.05, 4.69) is 41.9 Å². The smallest absolute Gasteiger partial charge is 0.129 e. The second-order valence-corrected chi connectivity index (χ2v) is 7.13. The fraction of sp³-hybridized carbons (Fsp3) is 0.611. The predicted octanol–water partition coefficient (Wildman–Crippen LogP) is 2.65. The summed E-state index contributed by atoms with van der Waals surface area (Å²) >= 11 is 0. The molecule has 2 atom stereocenters. The zero-order valence-corrected chi connectivity index (χ0v) is 12.9. The zero-order chi connectivity index (χ0) is 14.4. The van der Waals surface area contributed by atoms with Crippen molar-refractivity contribution in [1.82, 2.24) is 10.3 Å². The van der Waals surface area contributed by atoms with Gasteiger partial charge in [0, 0.05) is 24.2 Å². The van der Waals surface area contributed by atoms with E-state index < -0.39 is 0 Å². The Morgan fingerprint density at radius 3 is 2.67 bits per heavy atom. The quantitative estimate of drug-likeness (QED) is 0.865. The van der Waals surface area contributed by atoms with Crippen molar-refractivity contribution >= 4 is 5.82 Å². The van der Waals surface area contributed by atoms with E-state index in [1.165, 1.54) is 30.9 Å². The van der Waals surface area contributed by atoms with Crippen LogP contribution in [0.4, 0.5) is 5.82 Å². The topological polar surface area (TPSA) is 28.2 Å². The van der Waals surface area contributed by atoms with Gasteiger partial charge in [0.15, 0.2) is 0 Å². The molecule has 0 amide bonds. The van der Waals surface area contributed by atoms with Gasteiger partial charge in [-0.2, -0.15) is 0 Å². The maximum Gasteiger partial charge on any atom is 0.129 e. The molecule has 3 aliphatic rings. The molecule has 3 heteroatoms. The Morgan fingerprint density at radius 2 is 2.00 bits per heavy atom. The summed E-state index contributed by atoms with van der Waals surface area (Å²) in [6, 6.07) is 4.61. The van der Waals surface area contributed by atoms with Gasteiger partial charge in [-0.25, -0.2) is 4.98 Å². The van der Waals surface area contributed by atoms with Gasteiger partial charge in [0.05, 0.1) is 0 Å². The van der Waals surface area contributed by atoms with E-state index in [-0.39, 0.29) is 5.41 Å². The highest BCUT2D eigenvalue weighted by molar-refractivity contribution is 5.48. The van der Waals surface area contributed by atoms with Crippen LogP contribution in [0, 0.1) is 18.8 Å². The number of piperidine rings is 2. The molecule has 3 nitrogen and oxygen atoms in total. The number of nitrogens with one attached hydrogen (secondary N) is 1. The number of anilines is 1. The molecule has 3 heterocycles. The first kappa shape index (κ1) is 13.3. The molecule has 1 aliphatic carbocycles. The minimum Gasteiger partial charge on any atom is -0.356 e. The molecule has 2 aliphatic heterocycles. The SMILES string of the molecule is C=CC1(c2cc(C)nc(N3CC4CC4C3)c2)CCNCC1. The Labute approximate surface area is 127 Å². The maximum atomic E-state index is 4.81. The van der Waals surface area contributed by atoms with Crippen molar-refractivity contribution in [3.8, 4) is 0 Å². The van der Waals surface area contributed by atoms with Gasteiger partial charge in [-0.1, -0.05) is 6.08 Å². The van der Waals surface area contributed by atoms with Crippen molar-refractivity contribution in [3.05, 3.63) is 36.0 Å². The molecule has 21 heavy (non-hydrogen) atoms. The van der Waals surface area contributed by atoms with E-state index in [0.29, 0.717) is 0 Å². The Bertz CT molecular complexity index is 550. The molecule has 2 saturated heterocycles. The molecule has 2 unspecified atom stereocenters. The minimum absolute atomic E-state index is 0.135. The predicted molar refractivity (Wildman–Crippen MR) is 86.8 cm³/mol. The van der Waals surface area contributed by atoms with Crippen molar-refractivity contribution in [1.29, 1.82) is 0 Å². The molecule has 0 aromatic carbocycles. The van der Waals surface area contributed by atoms with Crippen LogP contribution in [-0.4, -0.2) is 31.2 Å².